The SMILES string of the molecule is COc1ccc(C(Cl)C(=O)NC2CC2)cc1C. The van der Waals surface area contributed by atoms with Crippen LogP contribution >= 0.6 is 11.6 Å². The topological polar surface area (TPSA) is 38.3 Å². The van der Waals surface area contributed by atoms with E-state index < -0.39 is 5.38 Å². The minimum Gasteiger partial charge on any atom is -0.496 e. The smallest absolute Gasteiger partial charge is 0.242 e. The first-order chi connectivity index (χ1) is 8.11. The van der Waals surface area contributed by atoms with Gasteiger partial charge in [0.15, 0.2) is 0 Å². The number of hydrogen-bond acceptors (Lipinski definition) is 2. The molecule has 1 amide bonds. The Morgan fingerprint density at radius 2 is 2.24 bits per heavy atom. The lowest BCUT2D eigenvalue weighted by atomic mass is 10.1. The number of carbonyl (C=O) groups excluding carboxylic acids is 1. The number of hydrogen-bond donors (Lipinski definition) is 1. The molecule has 4 heteroatoms. The number of amides is 1. The number of carbonyl (C=O) groups is 1. The standard InChI is InChI=1S/C13H16ClNO2/c1-8-7-9(3-6-11(8)17-2)12(14)13(16)15-10-4-5-10/h3,6-7,10,12H,4-5H2,1-2H3,(H,15,16). The van der Waals surface area contributed by atoms with Gasteiger partial charge in [-0.3, -0.25) is 4.79 Å². The number of nitrogens with one attached hydrogen (secondary N) is 1. The molecule has 0 heterocycles. The first-order valence-corrected chi connectivity index (χ1v) is 6.14. The monoisotopic (exact) mass is 253 g/mol. The number of ether oxygens (including phenoxy) is 1. The van der Waals surface area contributed by atoms with Crippen molar-refractivity contribution in [2.24, 2.45) is 0 Å². The average molecular weight is 254 g/mol. The lowest BCUT2D eigenvalue weighted by molar-refractivity contribution is -0.121. The second-order valence-electron chi connectivity index (χ2n) is 4.37. The minimum atomic E-state index is -0.625. The van der Waals surface area contributed by atoms with E-state index in [4.69, 9.17) is 16.3 Å². The average Bonchev–Trinajstić information content (AvgIpc) is 3.11. The summed E-state index contributed by atoms with van der Waals surface area (Å²) in [7, 11) is 1.62. The molecule has 1 unspecified atom stereocenters. The summed E-state index contributed by atoms with van der Waals surface area (Å²) in [4.78, 5) is 11.8. The molecule has 1 saturated carbocycles. The van der Waals surface area contributed by atoms with Crippen LogP contribution in [-0.4, -0.2) is 19.1 Å². The predicted molar refractivity (Wildman–Crippen MR) is 67.5 cm³/mol. The third kappa shape index (κ3) is 2.91. The number of alkyl halides is 1. The molecule has 0 bridgehead atoms. The molecule has 1 fully saturated rings. The second kappa shape index (κ2) is 4.96. The van der Waals surface area contributed by atoms with Gasteiger partial charge in [-0.25, -0.2) is 0 Å². The van der Waals surface area contributed by atoms with E-state index in [1.807, 2.05) is 25.1 Å². The predicted octanol–water partition coefficient (Wildman–Crippen LogP) is 2.56. The molecule has 2 rings (SSSR count). The highest BCUT2D eigenvalue weighted by Gasteiger charge is 2.27. The quantitative estimate of drug-likeness (QED) is 0.838. The molecule has 0 radical (unpaired) electrons. The summed E-state index contributed by atoms with van der Waals surface area (Å²) in [6, 6.07) is 5.90. The Kier molecular flexibility index (Phi) is 3.57. The van der Waals surface area contributed by atoms with Crippen molar-refractivity contribution in [3.63, 3.8) is 0 Å². The Morgan fingerprint density at radius 3 is 2.76 bits per heavy atom. The zero-order valence-corrected chi connectivity index (χ0v) is 10.8. The highest BCUT2D eigenvalue weighted by molar-refractivity contribution is 6.30. The number of benzene rings is 1. The lowest BCUT2D eigenvalue weighted by Crippen LogP contribution is -2.28. The van der Waals surface area contributed by atoms with Crippen LogP contribution in [0.4, 0.5) is 0 Å². The Labute approximate surface area is 106 Å². The van der Waals surface area contributed by atoms with Crippen LogP contribution in [0.1, 0.15) is 29.3 Å². The molecule has 92 valence electrons. The van der Waals surface area contributed by atoms with Crippen LogP contribution in [0, 0.1) is 6.92 Å². The zero-order valence-electron chi connectivity index (χ0n) is 10.00. The second-order valence-corrected chi connectivity index (χ2v) is 4.81. The maximum Gasteiger partial charge on any atom is 0.242 e. The van der Waals surface area contributed by atoms with Crippen molar-refractivity contribution >= 4 is 17.5 Å². The molecule has 1 aromatic carbocycles. The van der Waals surface area contributed by atoms with E-state index in [2.05, 4.69) is 5.32 Å². The molecular weight excluding hydrogens is 238 g/mol. The third-order valence-corrected chi connectivity index (χ3v) is 3.32. The van der Waals surface area contributed by atoms with E-state index in [0.717, 1.165) is 29.7 Å². The highest BCUT2D eigenvalue weighted by Crippen LogP contribution is 2.28. The Morgan fingerprint density at radius 1 is 1.53 bits per heavy atom. The van der Waals surface area contributed by atoms with Crippen molar-refractivity contribution in [2.45, 2.75) is 31.2 Å². The molecular formula is C13H16ClNO2. The van der Waals surface area contributed by atoms with Crippen molar-refractivity contribution in [3.8, 4) is 5.75 Å². The van der Waals surface area contributed by atoms with Crippen LogP contribution in [-0.2, 0) is 4.79 Å². The molecule has 0 aliphatic heterocycles. The number of halogens is 1. The van der Waals surface area contributed by atoms with E-state index in [1.165, 1.54) is 0 Å². The van der Waals surface area contributed by atoms with Gasteiger partial charge in [0.25, 0.3) is 0 Å². The first-order valence-electron chi connectivity index (χ1n) is 5.71. The van der Waals surface area contributed by atoms with Crippen molar-refractivity contribution in [2.75, 3.05) is 7.11 Å². The van der Waals surface area contributed by atoms with Gasteiger partial charge in [-0.15, -0.1) is 11.6 Å². The fourth-order valence-corrected chi connectivity index (χ4v) is 1.91. The number of methoxy groups -OCH3 is 1. The van der Waals surface area contributed by atoms with Gasteiger partial charge in [0, 0.05) is 6.04 Å². The molecule has 1 atom stereocenters. The van der Waals surface area contributed by atoms with Crippen LogP contribution < -0.4 is 10.1 Å². The zero-order chi connectivity index (χ0) is 12.4. The Hall–Kier alpha value is -1.22. The van der Waals surface area contributed by atoms with Crippen LogP contribution in [0.25, 0.3) is 0 Å². The largest absolute Gasteiger partial charge is 0.496 e. The van der Waals surface area contributed by atoms with Crippen molar-refractivity contribution in [1.29, 1.82) is 0 Å². The van der Waals surface area contributed by atoms with Gasteiger partial charge < -0.3 is 10.1 Å². The maximum absolute atomic E-state index is 11.8. The van der Waals surface area contributed by atoms with Crippen LogP contribution in [0.15, 0.2) is 18.2 Å². The summed E-state index contributed by atoms with van der Waals surface area (Å²) < 4.78 is 5.17. The molecule has 1 aliphatic rings. The molecule has 1 N–H and O–H groups in total. The Bertz CT molecular complexity index is 429. The van der Waals surface area contributed by atoms with E-state index >= 15 is 0 Å². The van der Waals surface area contributed by atoms with Crippen molar-refractivity contribution < 1.29 is 9.53 Å². The molecule has 0 saturated heterocycles. The van der Waals surface area contributed by atoms with Gasteiger partial charge in [-0.2, -0.15) is 0 Å². The van der Waals surface area contributed by atoms with Gasteiger partial charge in [-0.1, -0.05) is 12.1 Å². The molecule has 3 nitrogen and oxygen atoms in total. The lowest BCUT2D eigenvalue weighted by Gasteiger charge is -2.12. The third-order valence-electron chi connectivity index (χ3n) is 2.87. The summed E-state index contributed by atoms with van der Waals surface area (Å²) in [5, 5.41) is 2.27. The van der Waals surface area contributed by atoms with Crippen molar-refractivity contribution in [1.82, 2.24) is 5.32 Å². The summed E-state index contributed by atoms with van der Waals surface area (Å²) in [5.74, 6) is 0.693. The molecule has 0 spiro atoms. The van der Waals surface area contributed by atoms with Crippen LogP contribution in [0.3, 0.4) is 0 Å². The molecule has 1 aliphatic carbocycles. The van der Waals surface area contributed by atoms with Gasteiger partial charge in [-0.05, 0) is 37.0 Å². The normalized spacial score (nSPS) is 16.4. The van der Waals surface area contributed by atoms with Gasteiger partial charge in [0.05, 0.1) is 7.11 Å². The van der Waals surface area contributed by atoms with Crippen molar-refractivity contribution in [3.05, 3.63) is 29.3 Å². The summed E-state index contributed by atoms with van der Waals surface area (Å²) in [6.45, 7) is 1.94. The summed E-state index contributed by atoms with van der Waals surface area (Å²) in [6.07, 6.45) is 2.13. The summed E-state index contributed by atoms with van der Waals surface area (Å²) >= 11 is 6.14. The summed E-state index contributed by atoms with van der Waals surface area (Å²) in [5.41, 5.74) is 1.79. The number of aryl methyl sites for hydroxylation is 1. The molecule has 1 aromatic rings. The highest BCUT2D eigenvalue weighted by atomic mass is 35.5. The Balaban J connectivity index is 2.09. The van der Waals surface area contributed by atoms with E-state index in [-0.39, 0.29) is 5.91 Å². The first kappa shape index (κ1) is 12.2. The molecule has 0 aromatic heterocycles. The van der Waals surface area contributed by atoms with E-state index in [9.17, 15) is 4.79 Å². The molecule has 17 heavy (non-hydrogen) atoms. The van der Waals surface area contributed by atoms with Crippen LogP contribution in [0.2, 0.25) is 0 Å². The fraction of sp³-hybridized carbons (Fsp3) is 0.462. The minimum absolute atomic E-state index is 0.112. The maximum atomic E-state index is 11.8. The van der Waals surface area contributed by atoms with Gasteiger partial charge in [0.1, 0.15) is 11.1 Å². The fourth-order valence-electron chi connectivity index (χ4n) is 1.71. The van der Waals surface area contributed by atoms with Gasteiger partial charge >= 0.3 is 0 Å². The van der Waals surface area contributed by atoms with Gasteiger partial charge in [0.2, 0.25) is 5.91 Å². The van der Waals surface area contributed by atoms with E-state index in [1.54, 1.807) is 7.11 Å². The number of rotatable bonds is 4. The van der Waals surface area contributed by atoms with E-state index in [0.29, 0.717) is 6.04 Å². The van der Waals surface area contributed by atoms with Crippen LogP contribution in [0.5, 0.6) is 5.75 Å².